The van der Waals surface area contributed by atoms with Gasteiger partial charge in [0.2, 0.25) is 0 Å². The summed E-state index contributed by atoms with van der Waals surface area (Å²) in [6.45, 7) is 4.74. The first-order valence-corrected chi connectivity index (χ1v) is 9.96. The summed E-state index contributed by atoms with van der Waals surface area (Å²) in [5.74, 6) is 0.0772. The van der Waals surface area contributed by atoms with Gasteiger partial charge in [-0.2, -0.15) is 0 Å². The average molecular weight is 391 g/mol. The summed E-state index contributed by atoms with van der Waals surface area (Å²) in [5, 5.41) is 5.67. The minimum absolute atomic E-state index is 0.0772. The Balaban J connectivity index is 1.34. The minimum atomic E-state index is -0.239. The highest BCUT2D eigenvalue weighted by molar-refractivity contribution is 5.97. The van der Waals surface area contributed by atoms with Crippen molar-refractivity contribution in [3.8, 4) is 0 Å². The van der Waals surface area contributed by atoms with Crippen molar-refractivity contribution in [2.75, 3.05) is 25.0 Å². The lowest BCUT2D eigenvalue weighted by atomic mass is 10.1. The molecule has 1 aromatic heterocycles. The third-order valence-electron chi connectivity index (χ3n) is 5.21. The van der Waals surface area contributed by atoms with Crippen molar-refractivity contribution in [1.82, 2.24) is 19.8 Å². The molecule has 0 bridgehead atoms. The SMILES string of the molecule is Cc1ccc(NC(=O)NCCn2cnc3cc(C(=O)N4CCCC4)ccc32)cc1. The van der Waals surface area contributed by atoms with Crippen molar-refractivity contribution in [2.45, 2.75) is 26.3 Å². The number of benzene rings is 2. The Labute approximate surface area is 169 Å². The van der Waals surface area contributed by atoms with Crippen LogP contribution in [0.25, 0.3) is 11.0 Å². The molecule has 3 amide bonds. The van der Waals surface area contributed by atoms with Crippen LogP contribution in [0.3, 0.4) is 0 Å². The van der Waals surface area contributed by atoms with Gasteiger partial charge in [-0.1, -0.05) is 17.7 Å². The van der Waals surface area contributed by atoms with Gasteiger partial charge in [-0.3, -0.25) is 4.79 Å². The summed E-state index contributed by atoms with van der Waals surface area (Å²) in [6.07, 6.45) is 3.90. The fraction of sp³-hybridized carbons (Fsp3) is 0.318. The Bertz CT molecular complexity index is 1020. The van der Waals surface area contributed by atoms with Crippen LogP contribution in [0.5, 0.6) is 0 Å². The zero-order valence-corrected chi connectivity index (χ0v) is 16.5. The maximum absolute atomic E-state index is 12.5. The van der Waals surface area contributed by atoms with Crippen molar-refractivity contribution < 1.29 is 9.59 Å². The molecule has 29 heavy (non-hydrogen) atoms. The molecule has 0 radical (unpaired) electrons. The van der Waals surface area contributed by atoms with Crippen LogP contribution >= 0.6 is 0 Å². The highest BCUT2D eigenvalue weighted by Gasteiger charge is 2.20. The molecule has 1 aliphatic heterocycles. The molecule has 3 aromatic rings. The number of imidazole rings is 1. The lowest BCUT2D eigenvalue weighted by Gasteiger charge is -2.15. The van der Waals surface area contributed by atoms with Crippen LogP contribution in [0.1, 0.15) is 28.8 Å². The predicted octanol–water partition coefficient (Wildman–Crippen LogP) is 3.40. The number of hydrogen-bond acceptors (Lipinski definition) is 3. The van der Waals surface area contributed by atoms with Crippen LogP contribution in [0.4, 0.5) is 10.5 Å². The highest BCUT2D eigenvalue weighted by atomic mass is 16.2. The van der Waals surface area contributed by atoms with Gasteiger partial charge in [0.05, 0.1) is 17.4 Å². The van der Waals surface area contributed by atoms with Gasteiger partial charge in [-0.25, -0.2) is 9.78 Å². The number of urea groups is 1. The second-order valence-corrected chi connectivity index (χ2v) is 7.39. The molecule has 7 nitrogen and oxygen atoms in total. The molecule has 2 N–H and O–H groups in total. The monoisotopic (exact) mass is 391 g/mol. The summed E-state index contributed by atoms with van der Waals surface area (Å²) < 4.78 is 1.98. The zero-order valence-electron chi connectivity index (χ0n) is 16.5. The molecule has 1 fully saturated rings. The standard InChI is InChI=1S/C22H25N5O2/c1-16-4-7-18(8-5-16)25-22(29)23-10-13-27-15-24-19-14-17(6-9-20(19)27)21(28)26-11-2-3-12-26/h4-9,14-15H,2-3,10-13H2,1H3,(H2,23,25,29). The molecule has 7 heteroatoms. The smallest absolute Gasteiger partial charge is 0.319 e. The van der Waals surface area contributed by atoms with Crippen LogP contribution < -0.4 is 10.6 Å². The predicted molar refractivity (Wildman–Crippen MR) is 113 cm³/mol. The number of anilines is 1. The molecule has 150 valence electrons. The second-order valence-electron chi connectivity index (χ2n) is 7.39. The number of nitrogens with one attached hydrogen (secondary N) is 2. The van der Waals surface area contributed by atoms with E-state index in [1.807, 2.05) is 58.9 Å². The summed E-state index contributed by atoms with van der Waals surface area (Å²) in [4.78, 5) is 30.9. The van der Waals surface area contributed by atoms with Crippen LogP contribution in [-0.4, -0.2) is 46.0 Å². The van der Waals surface area contributed by atoms with E-state index in [-0.39, 0.29) is 11.9 Å². The number of likely N-dealkylation sites (tertiary alicyclic amines) is 1. The number of hydrogen-bond donors (Lipinski definition) is 2. The first kappa shape index (κ1) is 19.0. The number of nitrogens with zero attached hydrogens (tertiary/aromatic N) is 3. The van der Waals surface area contributed by atoms with Crippen molar-refractivity contribution in [2.24, 2.45) is 0 Å². The number of carbonyl (C=O) groups excluding carboxylic acids is 2. The topological polar surface area (TPSA) is 79.3 Å². The van der Waals surface area contributed by atoms with Crippen molar-refractivity contribution in [3.05, 3.63) is 59.9 Å². The summed E-state index contributed by atoms with van der Waals surface area (Å²) in [5.41, 5.74) is 4.33. The van der Waals surface area contributed by atoms with E-state index in [1.165, 1.54) is 0 Å². The Morgan fingerprint density at radius 3 is 2.59 bits per heavy atom. The molecule has 0 spiro atoms. The maximum atomic E-state index is 12.5. The van der Waals surface area contributed by atoms with Crippen LogP contribution in [0, 0.1) is 6.92 Å². The number of aryl methyl sites for hydroxylation is 1. The maximum Gasteiger partial charge on any atom is 0.319 e. The Kier molecular flexibility index (Phi) is 5.46. The number of fused-ring (bicyclic) bond motifs is 1. The number of rotatable bonds is 5. The average Bonchev–Trinajstić information content (AvgIpc) is 3.39. The van der Waals surface area contributed by atoms with Gasteiger partial charge in [0.1, 0.15) is 0 Å². The van der Waals surface area contributed by atoms with Crippen LogP contribution in [-0.2, 0) is 6.54 Å². The highest BCUT2D eigenvalue weighted by Crippen LogP contribution is 2.18. The molecule has 0 aliphatic carbocycles. The van der Waals surface area contributed by atoms with E-state index >= 15 is 0 Å². The van der Waals surface area contributed by atoms with E-state index < -0.39 is 0 Å². The molecule has 2 heterocycles. The Morgan fingerprint density at radius 2 is 1.83 bits per heavy atom. The van der Waals surface area contributed by atoms with E-state index in [0.29, 0.717) is 18.7 Å². The fourth-order valence-corrected chi connectivity index (χ4v) is 3.58. The van der Waals surface area contributed by atoms with Gasteiger partial charge in [0.15, 0.2) is 0 Å². The van der Waals surface area contributed by atoms with Gasteiger partial charge in [-0.05, 0) is 50.1 Å². The molecule has 1 aliphatic rings. The minimum Gasteiger partial charge on any atom is -0.339 e. The van der Waals surface area contributed by atoms with Crippen LogP contribution in [0.2, 0.25) is 0 Å². The summed E-state index contributed by atoms with van der Waals surface area (Å²) in [7, 11) is 0. The first-order valence-electron chi connectivity index (χ1n) is 9.96. The zero-order chi connectivity index (χ0) is 20.2. The Hall–Kier alpha value is -3.35. The quantitative estimate of drug-likeness (QED) is 0.700. The Morgan fingerprint density at radius 1 is 1.07 bits per heavy atom. The van der Waals surface area contributed by atoms with E-state index in [0.717, 1.165) is 48.2 Å². The van der Waals surface area contributed by atoms with E-state index in [2.05, 4.69) is 15.6 Å². The van der Waals surface area contributed by atoms with E-state index in [4.69, 9.17) is 0 Å². The summed E-state index contributed by atoms with van der Waals surface area (Å²) >= 11 is 0. The molecule has 4 rings (SSSR count). The van der Waals surface area contributed by atoms with Gasteiger partial charge in [-0.15, -0.1) is 0 Å². The number of carbonyl (C=O) groups is 2. The third kappa shape index (κ3) is 4.39. The van der Waals surface area contributed by atoms with Crippen molar-refractivity contribution >= 4 is 28.7 Å². The third-order valence-corrected chi connectivity index (χ3v) is 5.21. The molecule has 0 saturated carbocycles. The lowest BCUT2D eigenvalue weighted by Crippen LogP contribution is -2.31. The molecular weight excluding hydrogens is 366 g/mol. The largest absolute Gasteiger partial charge is 0.339 e. The van der Waals surface area contributed by atoms with Crippen LogP contribution in [0.15, 0.2) is 48.8 Å². The van der Waals surface area contributed by atoms with E-state index in [1.54, 1.807) is 6.33 Å². The van der Waals surface area contributed by atoms with Crippen molar-refractivity contribution in [3.63, 3.8) is 0 Å². The summed E-state index contributed by atoms with van der Waals surface area (Å²) in [6, 6.07) is 13.1. The first-order chi connectivity index (χ1) is 14.1. The lowest BCUT2D eigenvalue weighted by molar-refractivity contribution is 0.0793. The molecule has 0 unspecified atom stereocenters. The van der Waals surface area contributed by atoms with Crippen molar-refractivity contribution in [1.29, 1.82) is 0 Å². The van der Waals surface area contributed by atoms with E-state index in [9.17, 15) is 9.59 Å². The number of amides is 3. The van der Waals surface area contributed by atoms with Gasteiger partial charge < -0.3 is 20.1 Å². The molecule has 0 atom stereocenters. The molecule has 2 aromatic carbocycles. The van der Waals surface area contributed by atoms with Gasteiger partial charge in [0.25, 0.3) is 5.91 Å². The fourth-order valence-electron chi connectivity index (χ4n) is 3.58. The second kappa shape index (κ2) is 8.34. The molecular formula is C22H25N5O2. The van der Waals surface area contributed by atoms with Gasteiger partial charge >= 0.3 is 6.03 Å². The molecule has 1 saturated heterocycles. The normalized spacial score (nSPS) is 13.6. The van der Waals surface area contributed by atoms with Gasteiger partial charge in [0, 0.05) is 37.4 Å². The number of aromatic nitrogens is 2.